The summed E-state index contributed by atoms with van der Waals surface area (Å²) >= 11 is 0. The number of nitrogens with zero attached hydrogens (tertiary/aromatic N) is 7. The molecule has 37 heavy (non-hydrogen) atoms. The van der Waals surface area contributed by atoms with Gasteiger partial charge in [0, 0.05) is 12.1 Å². The van der Waals surface area contributed by atoms with Gasteiger partial charge in [0.05, 0.1) is 48.1 Å². The Labute approximate surface area is 212 Å². The molecule has 3 atom stereocenters. The maximum atomic E-state index is 14.5. The van der Waals surface area contributed by atoms with E-state index >= 15 is 0 Å². The van der Waals surface area contributed by atoms with Crippen molar-refractivity contribution in [1.82, 2.24) is 34.9 Å². The Morgan fingerprint density at radius 3 is 2.59 bits per heavy atom. The molecule has 5 rings (SSSR count). The molecule has 4 aromatic rings. The van der Waals surface area contributed by atoms with Crippen LogP contribution < -0.4 is 0 Å². The van der Waals surface area contributed by atoms with E-state index in [2.05, 4.69) is 39.1 Å². The quantitative estimate of drug-likeness (QED) is 0.390. The van der Waals surface area contributed by atoms with Crippen LogP contribution in [0, 0.1) is 17.6 Å². The van der Waals surface area contributed by atoms with Gasteiger partial charge in [0.15, 0.2) is 5.82 Å². The second-order valence-electron chi connectivity index (χ2n) is 9.58. The maximum absolute atomic E-state index is 14.5. The van der Waals surface area contributed by atoms with Crippen LogP contribution in [-0.4, -0.2) is 57.9 Å². The lowest BCUT2D eigenvalue weighted by Gasteiger charge is -2.32. The van der Waals surface area contributed by atoms with Gasteiger partial charge in [-0.25, -0.2) is 23.4 Å². The number of hydrogen-bond acceptors (Lipinski definition) is 8. The zero-order chi connectivity index (χ0) is 26.1. The molecule has 0 saturated heterocycles. The van der Waals surface area contributed by atoms with Crippen molar-refractivity contribution in [3.63, 3.8) is 0 Å². The fourth-order valence-corrected chi connectivity index (χ4v) is 4.98. The van der Waals surface area contributed by atoms with Gasteiger partial charge in [0.1, 0.15) is 23.7 Å². The molecule has 3 heterocycles. The van der Waals surface area contributed by atoms with Crippen LogP contribution in [-0.2, 0) is 6.54 Å². The normalized spacial score (nSPS) is 18.1. The molecule has 0 spiro atoms. The lowest BCUT2D eigenvalue weighted by molar-refractivity contribution is 0.0786. The third-order valence-electron chi connectivity index (χ3n) is 6.82. The van der Waals surface area contributed by atoms with Gasteiger partial charge in [-0.1, -0.05) is 19.9 Å². The van der Waals surface area contributed by atoms with Gasteiger partial charge in [0.25, 0.3) is 0 Å². The smallest absolute Gasteiger partial charge is 0.178 e. The highest BCUT2D eigenvalue weighted by Gasteiger charge is 2.34. The van der Waals surface area contributed by atoms with Crippen LogP contribution in [0.1, 0.15) is 55.5 Å². The average molecular weight is 508 g/mol. The fraction of sp³-hybridized carbons (Fsp3) is 0.385. The van der Waals surface area contributed by atoms with E-state index < -0.39 is 24.3 Å². The first-order chi connectivity index (χ1) is 17.9. The monoisotopic (exact) mass is 507 g/mol. The van der Waals surface area contributed by atoms with Crippen molar-refractivity contribution in [2.24, 2.45) is 5.92 Å². The van der Waals surface area contributed by atoms with E-state index in [1.54, 1.807) is 18.5 Å². The summed E-state index contributed by atoms with van der Waals surface area (Å²) in [7, 11) is 0. The lowest BCUT2D eigenvalue weighted by atomic mass is 9.74. The topological polar surface area (TPSA) is 123 Å². The van der Waals surface area contributed by atoms with Crippen molar-refractivity contribution < 1.29 is 19.0 Å². The fourth-order valence-electron chi connectivity index (χ4n) is 4.98. The summed E-state index contributed by atoms with van der Waals surface area (Å²) in [5.41, 5.74) is 2.72. The Morgan fingerprint density at radius 1 is 1.08 bits per heavy atom. The van der Waals surface area contributed by atoms with E-state index in [1.807, 2.05) is 0 Å². The minimum absolute atomic E-state index is 0.0565. The van der Waals surface area contributed by atoms with Crippen LogP contribution in [0.5, 0.6) is 0 Å². The van der Waals surface area contributed by atoms with Crippen molar-refractivity contribution >= 4 is 0 Å². The van der Waals surface area contributed by atoms with Crippen molar-refractivity contribution in [3.05, 3.63) is 71.6 Å². The molecular formula is C26H27F2N7O2. The molecule has 2 N–H and O–H groups in total. The van der Waals surface area contributed by atoms with Crippen molar-refractivity contribution in [1.29, 1.82) is 0 Å². The molecule has 2 unspecified atom stereocenters. The van der Waals surface area contributed by atoms with Crippen LogP contribution in [0.3, 0.4) is 0 Å². The van der Waals surface area contributed by atoms with E-state index in [-0.39, 0.29) is 35.6 Å². The van der Waals surface area contributed by atoms with Crippen LogP contribution in [0.4, 0.5) is 8.78 Å². The largest absolute Gasteiger partial charge is 0.394 e. The number of rotatable bonds is 7. The van der Waals surface area contributed by atoms with E-state index in [4.69, 9.17) is 4.98 Å². The predicted molar refractivity (Wildman–Crippen MR) is 130 cm³/mol. The summed E-state index contributed by atoms with van der Waals surface area (Å²) in [6.45, 7) is 3.89. The van der Waals surface area contributed by atoms with Crippen molar-refractivity contribution in [3.8, 4) is 22.8 Å². The van der Waals surface area contributed by atoms with Crippen LogP contribution >= 0.6 is 0 Å². The Hall–Kier alpha value is -3.70. The van der Waals surface area contributed by atoms with Gasteiger partial charge in [-0.15, -0.1) is 5.10 Å². The van der Waals surface area contributed by atoms with Crippen LogP contribution in [0.2, 0.25) is 0 Å². The number of hydrogen-bond donors (Lipinski definition) is 2. The third kappa shape index (κ3) is 4.84. The molecule has 1 aliphatic carbocycles. The molecule has 0 aliphatic heterocycles. The zero-order valence-electron chi connectivity index (χ0n) is 20.5. The molecule has 0 saturated carbocycles. The summed E-state index contributed by atoms with van der Waals surface area (Å²) < 4.78 is 30.5. The Kier molecular flexibility index (Phi) is 6.98. The van der Waals surface area contributed by atoms with Crippen LogP contribution in [0.25, 0.3) is 22.8 Å². The minimum atomic E-state index is -0.987. The van der Waals surface area contributed by atoms with Gasteiger partial charge in [-0.3, -0.25) is 4.98 Å². The van der Waals surface area contributed by atoms with E-state index in [0.29, 0.717) is 22.9 Å². The van der Waals surface area contributed by atoms with E-state index in [9.17, 15) is 19.0 Å². The summed E-state index contributed by atoms with van der Waals surface area (Å²) in [5, 5.41) is 31.9. The van der Waals surface area contributed by atoms with Crippen LogP contribution in [0.15, 0.2) is 43.0 Å². The van der Waals surface area contributed by atoms with Gasteiger partial charge in [-0.05, 0) is 48.4 Å². The molecule has 1 aromatic carbocycles. The summed E-state index contributed by atoms with van der Waals surface area (Å²) in [6, 6.07) is 5.50. The summed E-state index contributed by atoms with van der Waals surface area (Å²) in [5.74, 6) is -0.739. The van der Waals surface area contributed by atoms with Crippen molar-refractivity contribution in [2.75, 3.05) is 6.61 Å². The first-order valence-corrected chi connectivity index (χ1v) is 12.2. The van der Waals surface area contributed by atoms with Gasteiger partial charge >= 0.3 is 0 Å². The molecule has 0 fully saturated rings. The number of benzene rings is 1. The predicted octanol–water partition coefficient (Wildman–Crippen LogP) is 3.49. The van der Waals surface area contributed by atoms with E-state index in [0.717, 1.165) is 18.4 Å². The van der Waals surface area contributed by atoms with E-state index in [1.165, 1.54) is 29.2 Å². The van der Waals surface area contributed by atoms with Gasteiger partial charge < -0.3 is 10.2 Å². The third-order valence-corrected chi connectivity index (χ3v) is 6.82. The molecule has 3 aromatic heterocycles. The van der Waals surface area contributed by atoms with Gasteiger partial charge in [-0.2, -0.15) is 10.2 Å². The second kappa shape index (κ2) is 10.3. The average Bonchev–Trinajstić information content (AvgIpc) is 3.35. The molecule has 0 bridgehead atoms. The minimum Gasteiger partial charge on any atom is -0.394 e. The molecular weight excluding hydrogens is 480 g/mol. The Balaban J connectivity index is 1.55. The lowest BCUT2D eigenvalue weighted by Crippen LogP contribution is -2.23. The molecule has 0 radical (unpaired) electrons. The molecule has 9 nitrogen and oxygen atoms in total. The van der Waals surface area contributed by atoms with Crippen molar-refractivity contribution in [2.45, 2.75) is 51.2 Å². The summed E-state index contributed by atoms with van der Waals surface area (Å²) in [4.78, 5) is 13.4. The SMILES string of the molecule is CC(C)C1CCC(c2cncc(-c3ncnn3C[C@@H](O)CO)n2)c2nnc(-c3c(F)cccc3F)cc21. The Bertz CT molecular complexity index is 1390. The van der Waals surface area contributed by atoms with Gasteiger partial charge in [0.2, 0.25) is 0 Å². The Morgan fingerprint density at radius 2 is 1.86 bits per heavy atom. The first kappa shape index (κ1) is 25.0. The first-order valence-electron chi connectivity index (χ1n) is 12.2. The molecule has 0 amide bonds. The highest BCUT2D eigenvalue weighted by molar-refractivity contribution is 5.62. The zero-order valence-corrected chi connectivity index (χ0v) is 20.5. The molecule has 11 heteroatoms. The molecule has 192 valence electrons. The number of aromatic nitrogens is 7. The molecule has 1 aliphatic rings. The maximum Gasteiger partial charge on any atom is 0.178 e. The second-order valence-corrected chi connectivity index (χ2v) is 9.58. The number of aliphatic hydroxyl groups excluding tert-OH is 2. The highest BCUT2D eigenvalue weighted by Crippen LogP contribution is 2.44. The highest BCUT2D eigenvalue weighted by atomic mass is 19.1. The summed E-state index contributed by atoms with van der Waals surface area (Å²) in [6.07, 6.45) is 5.19. The number of halogens is 2. The number of aliphatic hydroxyl groups is 2. The standard InChI is InChI=1S/C26H27F2N7O2/c1-14(2)16-6-7-17(25-18(16)8-21(33-34-25)24-19(27)4-3-5-20(24)28)22-9-29-10-23(32-22)26-30-13-31-35(26)11-15(37)12-36/h3-5,8-10,13-17,36-37H,6-7,11-12H2,1-2H3/t15-,16?,17?/m1/s1. The number of fused-ring (bicyclic) bond motifs is 1.